The van der Waals surface area contributed by atoms with Crippen LogP contribution in [0.15, 0.2) is 24.3 Å². The first-order valence-electron chi connectivity index (χ1n) is 5.18. The average molecular weight is 241 g/mol. The highest BCUT2D eigenvalue weighted by Gasteiger charge is 2.36. The van der Waals surface area contributed by atoms with Crippen LogP contribution in [0, 0.1) is 6.92 Å². The third-order valence-corrected chi connectivity index (χ3v) is 4.44. The normalized spacial score (nSPS) is 27.9. The number of anilines is 1. The predicted molar refractivity (Wildman–Crippen MR) is 63.3 cm³/mol. The second-order valence-electron chi connectivity index (χ2n) is 4.26. The molecular weight excluding hydrogens is 226 g/mol. The lowest BCUT2D eigenvalue weighted by Gasteiger charge is -2.16. The number of nitrogens with one attached hydrogen (secondary N) is 1. The SMILES string of the molecule is Cc1ccc(N[C@H]2CS(=O)(=O)C[C@@H]2O)cc1. The van der Waals surface area contributed by atoms with E-state index in [-0.39, 0.29) is 11.5 Å². The van der Waals surface area contributed by atoms with Gasteiger partial charge in [0.2, 0.25) is 0 Å². The summed E-state index contributed by atoms with van der Waals surface area (Å²) in [5, 5.41) is 12.6. The van der Waals surface area contributed by atoms with E-state index in [9.17, 15) is 13.5 Å². The van der Waals surface area contributed by atoms with E-state index in [2.05, 4.69) is 5.32 Å². The van der Waals surface area contributed by atoms with Crippen LogP contribution in [-0.2, 0) is 9.84 Å². The van der Waals surface area contributed by atoms with E-state index in [0.29, 0.717) is 0 Å². The number of sulfone groups is 1. The molecule has 1 aromatic rings. The highest BCUT2D eigenvalue weighted by atomic mass is 32.2. The van der Waals surface area contributed by atoms with Gasteiger partial charge in [-0.15, -0.1) is 0 Å². The van der Waals surface area contributed by atoms with Gasteiger partial charge in [0.1, 0.15) is 0 Å². The monoisotopic (exact) mass is 241 g/mol. The Hall–Kier alpha value is -1.07. The van der Waals surface area contributed by atoms with E-state index < -0.39 is 22.0 Å². The first-order valence-corrected chi connectivity index (χ1v) is 7.00. The maximum Gasteiger partial charge on any atom is 0.155 e. The molecule has 4 nitrogen and oxygen atoms in total. The summed E-state index contributed by atoms with van der Waals surface area (Å²) in [5.74, 6) is -0.140. The maximum atomic E-state index is 11.3. The van der Waals surface area contributed by atoms with Crippen molar-refractivity contribution in [2.75, 3.05) is 16.8 Å². The number of rotatable bonds is 2. The van der Waals surface area contributed by atoms with E-state index in [0.717, 1.165) is 11.3 Å². The molecule has 2 atom stereocenters. The van der Waals surface area contributed by atoms with Crippen molar-refractivity contribution in [3.8, 4) is 0 Å². The van der Waals surface area contributed by atoms with Crippen molar-refractivity contribution in [1.29, 1.82) is 0 Å². The Morgan fingerprint density at radius 1 is 1.25 bits per heavy atom. The number of benzene rings is 1. The van der Waals surface area contributed by atoms with Gasteiger partial charge in [0.05, 0.1) is 23.7 Å². The van der Waals surface area contributed by atoms with Gasteiger partial charge in [-0.2, -0.15) is 0 Å². The molecule has 88 valence electrons. The highest BCUT2D eigenvalue weighted by Crippen LogP contribution is 2.18. The van der Waals surface area contributed by atoms with Crippen molar-refractivity contribution in [1.82, 2.24) is 0 Å². The van der Waals surface area contributed by atoms with Gasteiger partial charge in [-0.1, -0.05) is 17.7 Å². The fourth-order valence-corrected chi connectivity index (χ4v) is 3.57. The second-order valence-corrected chi connectivity index (χ2v) is 6.41. The Morgan fingerprint density at radius 3 is 2.38 bits per heavy atom. The molecule has 0 aliphatic carbocycles. The molecule has 0 spiro atoms. The quantitative estimate of drug-likeness (QED) is 0.794. The van der Waals surface area contributed by atoms with Gasteiger partial charge in [0, 0.05) is 5.69 Å². The smallest absolute Gasteiger partial charge is 0.155 e. The molecule has 0 aromatic heterocycles. The number of aliphatic hydroxyl groups excluding tert-OH is 1. The molecule has 1 heterocycles. The molecule has 1 saturated heterocycles. The number of aryl methyl sites for hydroxylation is 1. The fraction of sp³-hybridized carbons (Fsp3) is 0.455. The van der Waals surface area contributed by atoms with Crippen LogP contribution in [-0.4, -0.2) is 37.2 Å². The van der Waals surface area contributed by atoms with Crippen molar-refractivity contribution < 1.29 is 13.5 Å². The Kier molecular flexibility index (Phi) is 2.90. The summed E-state index contributed by atoms with van der Waals surface area (Å²) in [7, 11) is -3.09. The van der Waals surface area contributed by atoms with Gasteiger partial charge in [-0.3, -0.25) is 0 Å². The van der Waals surface area contributed by atoms with Crippen molar-refractivity contribution in [2.45, 2.75) is 19.1 Å². The summed E-state index contributed by atoms with van der Waals surface area (Å²) in [6, 6.07) is 7.25. The zero-order chi connectivity index (χ0) is 11.8. The van der Waals surface area contributed by atoms with Crippen LogP contribution in [0.5, 0.6) is 0 Å². The Labute approximate surface area is 95.2 Å². The average Bonchev–Trinajstić information content (AvgIpc) is 2.44. The van der Waals surface area contributed by atoms with Crippen LogP contribution in [0.25, 0.3) is 0 Å². The largest absolute Gasteiger partial charge is 0.390 e. The van der Waals surface area contributed by atoms with Crippen molar-refractivity contribution >= 4 is 15.5 Å². The molecule has 0 radical (unpaired) electrons. The van der Waals surface area contributed by atoms with Gasteiger partial charge in [-0.05, 0) is 19.1 Å². The summed E-state index contributed by atoms with van der Waals surface area (Å²) < 4.78 is 22.6. The molecule has 0 bridgehead atoms. The zero-order valence-corrected chi connectivity index (χ0v) is 9.87. The van der Waals surface area contributed by atoms with Gasteiger partial charge in [0.15, 0.2) is 9.84 Å². The van der Waals surface area contributed by atoms with Crippen LogP contribution in [0.2, 0.25) is 0 Å². The first kappa shape index (κ1) is 11.4. The molecule has 1 fully saturated rings. The Morgan fingerprint density at radius 2 is 1.88 bits per heavy atom. The molecular formula is C11H15NO3S. The van der Waals surface area contributed by atoms with Crippen LogP contribution in [0.4, 0.5) is 5.69 Å². The second kappa shape index (κ2) is 4.07. The molecule has 16 heavy (non-hydrogen) atoms. The third-order valence-electron chi connectivity index (χ3n) is 2.73. The summed E-state index contributed by atoms with van der Waals surface area (Å²) >= 11 is 0. The van der Waals surface area contributed by atoms with Gasteiger partial charge < -0.3 is 10.4 Å². The van der Waals surface area contributed by atoms with Crippen LogP contribution in [0.1, 0.15) is 5.56 Å². The van der Waals surface area contributed by atoms with E-state index in [1.807, 2.05) is 31.2 Å². The lowest BCUT2D eigenvalue weighted by molar-refractivity contribution is 0.190. The molecule has 1 aliphatic heterocycles. The molecule has 0 amide bonds. The standard InChI is InChI=1S/C11H15NO3S/c1-8-2-4-9(5-3-8)12-10-6-16(14,15)7-11(10)13/h2-5,10-13H,6-7H2,1H3/t10-,11-/m0/s1. The molecule has 0 saturated carbocycles. The molecule has 1 aliphatic rings. The highest BCUT2D eigenvalue weighted by molar-refractivity contribution is 7.91. The van der Waals surface area contributed by atoms with Gasteiger partial charge in [-0.25, -0.2) is 8.42 Å². The third kappa shape index (κ3) is 2.54. The van der Waals surface area contributed by atoms with Gasteiger partial charge in [0.25, 0.3) is 0 Å². The number of aliphatic hydroxyl groups is 1. The van der Waals surface area contributed by atoms with E-state index in [1.165, 1.54) is 0 Å². The predicted octanol–water partition coefficient (Wildman–Crippen LogP) is 0.565. The molecule has 0 unspecified atom stereocenters. The van der Waals surface area contributed by atoms with Crippen LogP contribution < -0.4 is 5.32 Å². The topological polar surface area (TPSA) is 66.4 Å². The van der Waals surface area contributed by atoms with Crippen molar-refractivity contribution in [3.63, 3.8) is 0 Å². The minimum Gasteiger partial charge on any atom is -0.390 e. The van der Waals surface area contributed by atoms with E-state index >= 15 is 0 Å². The summed E-state index contributed by atoms with van der Waals surface area (Å²) in [4.78, 5) is 0. The minimum atomic E-state index is -3.09. The van der Waals surface area contributed by atoms with Crippen molar-refractivity contribution in [2.24, 2.45) is 0 Å². The van der Waals surface area contributed by atoms with Crippen LogP contribution >= 0.6 is 0 Å². The van der Waals surface area contributed by atoms with E-state index in [4.69, 9.17) is 0 Å². The lowest BCUT2D eigenvalue weighted by Crippen LogP contribution is -2.31. The summed E-state index contributed by atoms with van der Waals surface area (Å²) in [6.07, 6.45) is -0.814. The summed E-state index contributed by atoms with van der Waals surface area (Å²) in [5.41, 5.74) is 1.98. The number of hydrogen-bond acceptors (Lipinski definition) is 4. The molecule has 5 heteroatoms. The van der Waals surface area contributed by atoms with Crippen molar-refractivity contribution in [3.05, 3.63) is 29.8 Å². The molecule has 1 aromatic carbocycles. The lowest BCUT2D eigenvalue weighted by atomic mass is 10.2. The number of hydrogen-bond donors (Lipinski definition) is 2. The Balaban J connectivity index is 2.08. The van der Waals surface area contributed by atoms with Crippen LogP contribution in [0.3, 0.4) is 0 Å². The van der Waals surface area contributed by atoms with Gasteiger partial charge >= 0.3 is 0 Å². The minimum absolute atomic E-state index is 0.00203. The molecule has 2 N–H and O–H groups in total. The van der Waals surface area contributed by atoms with E-state index in [1.54, 1.807) is 0 Å². The Bertz CT molecular complexity index is 467. The zero-order valence-electron chi connectivity index (χ0n) is 9.05. The fourth-order valence-electron chi connectivity index (χ4n) is 1.83. The first-order chi connectivity index (χ1) is 7.46. The maximum absolute atomic E-state index is 11.3. The summed E-state index contributed by atoms with van der Waals surface area (Å²) in [6.45, 7) is 1.98. The molecule has 2 rings (SSSR count).